The number of hydrogen-bond donors (Lipinski definition) is 1. The number of anilines is 1. The number of nitro benzene ring substituents is 2. The van der Waals surface area contributed by atoms with Gasteiger partial charge in [-0.15, -0.1) is 0 Å². The third-order valence-corrected chi connectivity index (χ3v) is 5.34. The van der Waals surface area contributed by atoms with E-state index >= 15 is 0 Å². The molecule has 0 saturated carbocycles. The van der Waals surface area contributed by atoms with Crippen LogP contribution in [-0.4, -0.2) is 17.0 Å². The number of methoxy groups -OCH3 is 1. The Bertz CT molecular complexity index is 955. The van der Waals surface area contributed by atoms with Crippen LogP contribution in [0.15, 0.2) is 48.6 Å². The molecule has 0 radical (unpaired) electrons. The zero-order chi connectivity index (χ0) is 19.1. The quantitative estimate of drug-likeness (QED) is 0.489. The van der Waals surface area contributed by atoms with Crippen LogP contribution in [0.3, 0.4) is 0 Å². The summed E-state index contributed by atoms with van der Waals surface area (Å²) in [6, 6.07) is 9.38. The van der Waals surface area contributed by atoms with Crippen LogP contribution in [0.4, 0.5) is 17.1 Å². The predicted molar refractivity (Wildman–Crippen MR) is 99.1 cm³/mol. The van der Waals surface area contributed by atoms with Crippen LogP contribution in [0.5, 0.6) is 5.75 Å². The Kier molecular flexibility index (Phi) is 4.02. The molecule has 8 heteroatoms. The molecule has 0 bridgehead atoms. The molecule has 1 heterocycles. The molecule has 27 heavy (non-hydrogen) atoms. The highest BCUT2D eigenvalue weighted by Crippen LogP contribution is 2.54. The number of fused-ring (bicyclic) bond motifs is 3. The summed E-state index contributed by atoms with van der Waals surface area (Å²) < 4.78 is 5.43. The standard InChI is InChI=1S/C19H17N3O5/c1-27-16-10-9-15(22(25)26)17-13-3-2-4-14(13)18(20-19(16)17)11-5-7-12(8-6-11)21(23)24/h2-3,5-10,13-14,18,20H,4H2,1H3/t13-,14-,18+/m0/s1. The molecule has 0 spiro atoms. The van der Waals surface area contributed by atoms with Gasteiger partial charge in [0.05, 0.1) is 34.2 Å². The van der Waals surface area contributed by atoms with E-state index in [1.807, 2.05) is 12.2 Å². The van der Waals surface area contributed by atoms with Crippen molar-refractivity contribution in [3.8, 4) is 5.75 Å². The van der Waals surface area contributed by atoms with E-state index in [1.165, 1.54) is 25.3 Å². The van der Waals surface area contributed by atoms with Gasteiger partial charge in [0.2, 0.25) is 0 Å². The minimum Gasteiger partial charge on any atom is -0.495 e. The van der Waals surface area contributed by atoms with Crippen LogP contribution in [0.1, 0.15) is 29.5 Å². The van der Waals surface area contributed by atoms with Gasteiger partial charge in [0, 0.05) is 24.1 Å². The first-order valence-corrected chi connectivity index (χ1v) is 8.54. The molecule has 1 N–H and O–H groups in total. The number of ether oxygens (including phenoxy) is 1. The molecule has 0 amide bonds. The normalized spacial score (nSPS) is 22.5. The van der Waals surface area contributed by atoms with Crippen molar-refractivity contribution in [3.63, 3.8) is 0 Å². The molecule has 3 atom stereocenters. The molecule has 0 unspecified atom stereocenters. The van der Waals surface area contributed by atoms with Crippen molar-refractivity contribution in [2.75, 3.05) is 12.4 Å². The predicted octanol–water partition coefficient (Wildman–Crippen LogP) is 4.34. The maximum Gasteiger partial charge on any atom is 0.275 e. The fraction of sp³-hybridized carbons (Fsp3) is 0.263. The second-order valence-electron chi connectivity index (χ2n) is 6.66. The first kappa shape index (κ1) is 17.0. The highest BCUT2D eigenvalue weighted by atomic mass is 16.6. The van der Waals surface area contributed by atoms with E-state index < -0.39 is 4.92 Å². The molecule has 1 aliphatic heterocycles. The summed E-state index contributed by atoms with van der Waals surface area (Å²) in [5, 5.41) is 25.9. The summed E-state index contributed by atoms with van der Waals surface area (Å²) in [6.45, 7) is 0. The molecule has 2 aromatic carbocycles. The SMILES string of the molecule is COc1ccc([N+](=O)[O-])c2c1N[C@H](c1ccc([N+](=O)[O-])cc1)[C@H]1CC=C[C@H]21. The van der Waals surface area contributed by atoms with E-state index in [9.17, 15) is 20.2 Å². The molecule has 138 valence electrons. The number of hydrogen-bond acceptors (Lipinski definition) is 6. The summed E-state index contributed by atoms with van der Waals surface area (Å²) in [5.74, 6) is 0.517. The van der Waals surface area contributed by atoms with Gasteiger partial charge in [0.1, 0.15) is 5.75 Å². The average molecular weight is 367 g/mol. The van der Waals surface area contributed by atoms with Crippen molar-refractivity contribution in [3.05, 3.63) is 79.9 Å². The van der Waals surface area contributed by atoms with Crippen molar-refractivity contribution in [1.82, 2.24) is 0 Å². The topological polar surface area (TPSA) is 108 Å². The smallest absolute Gasteiger partial charge is 0.275 e. The van der Waals surface area contributed by atoms with E-state index in [0.29, 0.717) is 17.0 Å². The molecule has 8 nitrogen and oxygen atoms in total. The number of nitro groups is 2. The van der Waals surface area contributed by atoms with Gasteiger partial charge in [-0.2, -0.15) is 0 Å². The van der Waals surface area contributed by atoms with Gasteiger partial charge < -0.3 is 10.1 Å². The van der Waals surface area contributed by atoms with Gasteiger partial charge >= 0.3 is 0 Å². The van der Waals surface area contributed by atoms with Crippen LogP contribution < -0.4 is 10.1 Å². The van der Waals surface area contributed by atoms with Crippen molar-refractivity contribution < 1.29 is 14.6 Å². The monoisotopic (exact) mass is 367 g/mol. The number of nitrogens with zero attached hydrogens (tertiary/aromatic N) is 2. The number of non-ortho nitro benzene ring substituents is 1. The average Bonchev–Trinajstić information content (AvgIpc) is 3.16. The third kappa shape index (κ3) is 2.69. The van der Waals surface area contributed by atoms with Crippen molar-refractivity contribution in [2.24, 2.45) is 5.92 Å². The minimum absolute atomic E-state index is 0.0317. The lowest BCUT2D eigenvalue weighted by Gasteiger charge is -2.37. The van der Waals surface area contributed by atoms with Gasteiger partial charge in [-0.3, -0.25) is 20.2 Å². The summed E-state index contributed by atoms with van der Waals surface area (Å²) in [4.78, 5) is 21.7. The molecular formula is C19H17N3O5. The fourth-order valence-electron chi connectivity index (χ4n) is 4.13. The van der Waals surface area contributed by atoms with Gasteiger partial charge in [-0.05, 0) is 24.0 Å². The summed E-state index contributed by atoms with van der Waals surface area (Å²) >= 11 is 0. The van der Waals surface area contributed by atoms with Crippen LogP contribution in [0.2, 0.25) is 0 Å². The number of nitrogens with one attached hydrogen (secondary N) is 1. The van der Waals surface area contributed by atoms with E-state index in [0.717, 1.165) is 12.0 Å². The molecule has 4 rings (SSSR count). The van der Waals surface area contributed by atoms with Crippen LogP contribution in [0.25, 0.3) is 0 Å². The zero-order valence-electron chi connectivity index (χ0n) is 14.5. The summed E-state index contributed by atoms with van der Waals surface area (Å²) in [7, 11) is 1.53. The van der Waals surface area contributed by atoms with Crippen LogP contribution in [0, 0.1) is 26.1 Å². The Morgan fingerprint density at radius 1 is 1.07 bits per heavy atom. The van der Waals surface area contributed by atoms with E-state index in [1.54, 1.807) is 18.2 Å². The second-order valence-corrected chi connectivity index (χ2v) is 6.66. The number of rotatable bonds is 4. The van der Waals surface area contributed by atoms with Crippen molar-refractivity contribution in [2.45, 2.75) is 18.4 Å². The molecule has 0 fully saturated rings. The highest BCUT2D eigenvalue weighted by Gasteiger charge is 2.42. The Morgan fingerprint density at radius 3 is 2.44 bits per heavy atom. The molecule has 0 aromatic heterocycles. The zero-order valence-corrected chi connectivity index (χ0v) is 14.5. The highest BCUT2D eigenvalue weighted by molar-refractivity contribution is 5.73. The van der Waals surface area contributed by atoms with Gasteiger partial charge in [-0.25, -0.2) is 0 Å². The minimum atomic E-state index is -0.431. The maximum atomic E-state index is 11.6. The molecule has 2 aromatic rings. The number of allylic oxidation sites excluding steroid dienone is 2. The fourth-order valence-corrected chi connectivity index (χ4v) is 4.13. The van der Waals surface area contributed by atoms with E-state index in [-0.39, 0.29) is 34.2 Å². The van der Waals surface area contributed by atoms with Gasteiger partial charge in [0.25, 0.3) is 11.4 Å². The van der Waals surface area contributed by atoms with Crippen LogP contribution in [-0.2, 0) is 0 Å². The van der Waals surface area contributed by atoms with Crippen LogP contribution >= 0.6 is 0 Å². The lowest BCUT2D eigenvalue weighted by Crippen LogP contribution is -2.30. The van der Waals surface area contributed by atoms with E-state index in [2.05, 4.69) is 5.32 Å². The maximum absolute atomic E-state index is 11.6. The third-order valence-electron chi connectivity index (χ3n) is 5.34. The molecule has 0 saturated heterocycles. The number of benzene rings is 2. The molecule has 1 aliphatic carbocycles. The van der Waals surface area contributed by atoms with Gasteiger partial charge in [0.15, 0.2) is 0 Å². The lowest BCUT2D eigenvalue weighted by atomic mass is 9.76. The summed E-state index contributed by atoms with van der Waals surface area (Å²) in [5.41, 5.74) is 2.25. The van der Waals surface area contributed by atoms with Gasteiger partial charge in [-0.1, -0.05) is 24.3 Å². The Morgan fingerprint density at radius 2 is 1.81 bits per heavy atom. The Labute approximate surface area is 154 Å². The molecular weight excluding hydrogens is 350 g/mol. The first-order valence-electron chi connectivity index (χ1n) is 8.54. The van der Waals surface area contributed by atoms with Crippen molar-refractivity contribution in [1.29, 1.82) is 0 Å². The Hall–Kier alpha value is -3.42. The summed E-state index contributed by atoms with van der Waals surface area (Å²) in [6.07, 6.45) is 4.82. The lowest BCUT2D eigenvalue weighted by molar-refractivity contribution is -0.385. The first-order chi connectivity index (χ1) is 13.0. The van der Waals surface area contributed by atoms with E-state index in [4.69, 9.17) is 4.74 Å². The largest absolute Gasteiger partial charge is 0.495 e. The molecule has 2 aliphatic rings. The second kappa shape index (κ2) is 6.39. The van der Waals surface area contributed by atoms with Crippen molar-refractivity contribution >= 4 is 17.1 Å². The Balaban J connectivity index is 1.83.